The molecule has 0 bridgehead atoms. The summed E-state index contributed by atoms with van der Waals surface area (Å²) in [6, 6.07) is 5.88. The molecular weight excluding hydrogens is 266 g/mol. The Morgan fingerprint density at radius 2 is 1.86 bits per heavy atom. The molecule has 120 valence electrons. The first-order chi connectivity index (χ1) is 9.76. The van der Waals surface area contributed by atoms with Gasteiger partial charge in [0.05, 0.1) is 20.3 Å². The number of methoxy groups -OCH3 is 2. The van der Waals surface area contributed by atoms with Crippen molar-refractivity contribution in [1.29, 1.82) is 0 Å². The van der Waals surface area contributed by atoms with Crippen LogP contribution in [0.1, 0.15) is 45.7 Å². The molecule has 2 N–H and O–H groups in total. The molecule has 4 heteroatoms. The molecule has 2 unspecified atom stereocenters. The Balaban J connectivity index is 2.65. The van der Waals surface area contributed by atoms with Crippen LogP contribution < -0.4 is 14.8 Å². The summed E-state index contributed by atoms with van der Waals surface area (Å²) >= 11 is 0. The van der Waals surface area contributed by atoms with Crippen LogP contribution in [0.25, 0.3) is 0 Å². The summed E-state index contributed by atoms with van der Waals surface area (Å²) < 4.78 is 10.6. The third kappa shape index (κ3) is 5.94. The molecule has 0 aromatic heterocycles. The van der Waals surface area contributed by atoms with Crippen LogP contribution in [0.5, 0.6) is 11.5 Å². The second-order valence-electron chi connectivity index (χ2n) is 6.66. The molecule has 0 saturated carbocycles. The van der Waals surface area contributed by atoms with E-state index in [1.54, 1.807) is 14.2 Å². The zero-order valence-electron chi connectivity index (χ0n) is 14.1. The van der Waals surface area contributed by atoms with E-state index in [4.69, 9.17) is 9.47 Å². The third-order valence-electron chi connectivity index (χ3n) is 3.41. The van der Waals surface area contributed by atoms with Crippen molar-refractivity contribution in [2.75, 3.05) is 20.8 Å². The first-order valence-electron chi connectivity index (χ1n) is 7.40. The van der Waals surface area contributed by atoms with Crippen LogP contribution in [0.15, 0.2) is 18.2 Å². The van der Waals surface area contributed by atoms with E-state index in [-0.39, 0.29) is 17.6 Å². The molecule has 1 rings (SSSR count). The van der Waals surface area contributed by atoms with Crippen LogP contribution >= 0.6 is 0 Å². The Morgan fingerprint density at radius 3 is 2.38 bits per heavy atom. The highest BCUT2D eigenvalue weighted by Gasteiger charge is 2.18. The second kappa shape index (κ2) is 7.66. The number of ether oxygens (including phenoxy) is 2. The molecule has 0 radical (unpaired) electrons. The van der Waals surface area contributed by atoms with E-state index in [9.17, 15) is 5.11 Å². The van der Waals surface area contributed by atoms with Crippen molar-refractivity contribution in [2.24, 2.45) is 5.41 Å². The maximum Gasteiger partial charge on any atom is 0.127 e. The molecule has 1 aromatic rings. The molecule has 0 fully saturated rings. The summed E-state index contributed by atoms with van der Waals surface area (Å²) in [5.74, 6) is 1.57. The Hall–Kier alpha value is -1.26. The first kappa shape index (κ1) is 17.8. The lowest BCUT2D eigenvalue weighted by Crippen LogP contribution is -2.31. The van der Waals surface area contributed by atoms with Gasteiger partial charge in [-0.15, -0.1) is 0 Å². The largest absolute Gasteiger partial charge is 0.497 e. The predicted octanol–water partition coefficient (Wildman–Crippen LogP) is 3.15. The molecule has 0 aliphatic rings. The number of rotatable bonds is 7. The number of benzene rings is 1. The molecule has 0 aliphatic carbocycles. The zero-order chi connectivity index (χ0) is 16.0. The van der Waals surface area contributed by atoms with Gasteiger partial charge in [-0.25, -0.2) is 0 Å². The summed E-state index contributed by atoms with van der Waals surface area (Å²) in [6.45, 7) is 9.02. The number of hydrogen-bond donors (Lipinski definition) is 2. The quantitative estimate of drug-likeness (QED) is 0.811. The molecule has 0 heterocycles. The first-order valence-corrected chi connectivity index (χ1v) is 7.40. The highest BCUT2D eigenvalue weighted by molar-refractivity contribution is 5.42. The fraction of sp³-hybridized carbons (Fsp3) is 0.647. The van der Waals surface area contributed by atoms with Crippen LogP contribution in [0.4, 0.5) is 0 Å². The van der Waals surface area contributed by atoms with Gasteiger partial charge in [-0.05, 0) is 24.8 Å². The van der Waals surface area contributed by atoms with Crippen molar-refractivity contribution in [1.82, 2.24) is 5.32 Å². The lowest BCUT2D eigenvalue weighted by atomic mass is 9.89. The number of aliphatic hydroxyl groups excluding tert-OH is 1. The van der Waals surface area contributed by atoms with Gasteiger partial charge in [-0.1, -0.05) is 26.8 Å². The maximum absolute atomic E-state index is 10.1. The highest BCUT2D eigenvalue weighted by Crippen LogP contribution is 2.29. The molecule has 4 nitrogen and oxygen atoms in total. The summed E-state index contributed by atoms with van der Waals surface area (Å²) in [7, 11) is 3.29. The Bertz CT molecular complexity index is 440. The van der Waals surface area contributed by atoms with E-state index in [2.05, 4.69) is 33.0 Å². The van der Waals surface area contributed by atoms with Gasteiger partial charge in [0.25, 0.3) is 0 Å². The summed E-state index contributed by atoms with van der Waals surface area (Å²) in [5, 5.41) is 13.4. The highest BCUT2D eigenvalue weighted by atomic mass is 16.5. The number of aliphatic hydroxyl groups is 1. The molecule has 0 amide bonds. The lowest BCUT2D eigenvalue weighted by molar-refractivity contribution is 0.117. The number of hydrogen-bond acceptors (Lipinski definition) is 4. The van der Waals surface area contributed by atoms with Crippen molar-refractivity contribution in [3.63, 3.8) is 0 Å². The predicted molar refractivity (Wildman–Crippen MR) is 86.0 cm³/mol. The van der Waals surface area contributed by atoms with Gasteiger partial charge in [-0.3, -0.25) is 0 Å². The fourth-order valence-electron chi connectivity index (χ4n) is 2.38. The smallest absolute Gasteiger partial charge is 0.127 e. The van der Waals surface area contributed by atoms with Crippen LogP contribution in [0.2, 0.25) is 0 Å². The fourth-order valence-corrected chi connectivity index (χ4v) is 2.38. The van der Waals surface area contributed by atoms with Crippen molar-refractivity contribution in [2.45, 2.75) is 46.3 Å². The topological polar surface area (TPSA) is 50.7 Å². The van der Waals surface area contributed by atoms with Gasteiger partial charge >= 0.3 is 0 Å². The minimum absolute atomic E-state index is 0.0977. The van der Waals surface area contributed by atoms with Crippen LogP contribution in [0, 0.1) is 5.41 Å². The van der Waals surface area contributed by atoms with E-state index >= 15 is 0 Å². The summed E-state index contributed by atoms with van der Waals surface area (Å²) in [4.78, 5) is 0. The molecule has 0 spiro atoms. The Morgan fingerprint density at radius 1 is 1.19 bits per heavy atom. The maximum atomic E-state index is 10.1. The van der Waals surface area contributed by atoms with Crippen LogP contribution in [-0.2, 0) is 0 Å². The van der Waals surface area contributed by atoms with Gasteiger partial charge in [0, 0.05) is 24.2 Å². The third-order valence-corrected chi connectivity index (χ3v) is 3.41. The summed E-state index contributed by atoms with van der Waals surface area (Å²) in [6.07, 6.45) is 0.420. The van der Waals surface area contributed by atoms with E-state index in [1.807, 2.05) is 18.2 Å². The van der Waals surface area contributed by atoms with E-state index in [0.29, 0.717) is 6.54 Å². The van der Waals surface area contributed by atoms with E-state index in [1.165, 1.54) is 0 Å². The van der Waals surface area contributed by atoms with Crippen molar-refractivity contribution in [3.05, 3.63) is 23.8 Å². The molecule has 0 aliphatic heterocycles. The minimum Gasteiger partial charge on any atom is -0.497 e. The van der Waals surface area contributed by atoms with Crippen LogP contribution in [0.3, 0.4) is 0 Å². The van der Waals surface area contributed by atoms with Gasteiger partial charge in [-0.2, -0.15) is 0 Å². The molecule has 1 aromatic carbocycles. The van der Waals surface area contributed by atoms with Gasteiger partial charge < -0.3 is 19.9 Å². The Labute approximate surface area is 128 Å². The van der Waals surface area contributed by atoms with E-state index in [0.717, 1.165) is 23.5 Å². The standard InChI is InChI=1S/C17H29NO3/c1-12(18-11-13(19)10-17(2,3)4)15-8-7-14(20-5)9-16(15)21-6/h7-9,12-13,18-19H,10-11H2,1-6H3. The lowest BCUT2D eigenvalue weighted by Gasteiger charge is -2.24. The van der Waals surface area contributed by atoms with E-state index < -0.39 is 0 Å². The molecule has 0 saturated heterocycles. The second-order valence-corrected chi connectivity index (χ2v) is 6.66. The van der Waals surface area contributed by atoms with Crippen molar-refractivity contribution >= 4 is 0 Å². The Kier molecular flexibility index (Phi) is 6.49. The van der Waals surface area contributed by atoms with Crippen molar-refractivity contribution in [3.8, 4) is 11.5 Å². The van der Waals surface area contributed by atoms with Gasteiger partial charge in [0.15, 0.2) is 0 Å². The number of nitrogens with one attached hydrogen (secondary N) is 1. The van der Waals surface area contributed by atoms with Gasteiger partial charge in [0.2, 0.25) is 0 Å². The molecule has 2 atom stereocenters. The monoisotopic (exact) mass is 295 g/mol. The SMILES string of the molecule is COc1ccc(C(C)NCC(O)CC(C)(C)C)c(OC)c1. The zero-order valence-corrected chi connectivity index (χ0v) is 14.1. The normalized spacial score (nSPS) is 14.6. The summed E-state index contributed by atoms with van der Waals surface area (Å²) in [5.41, 5.74) is 1.18. The average molecular weight is 295 g/mol. The molecule has 21 heavy (non-hydrogen) atoms. The van der Waals surface area contributed by atoms with Gasteiger partial charge in [0.1, 0.15) is 11.5 Å². The average Bonchev–Trinajstić information content (AvgIpc) is 2.42. The van der Waals surface area contributed by atoms with Crippen molar-refractivity contribution < 1.29 is 14.6 Å². The minimum atomic E-state index is -0.350. The molecular formula is C17H29NO3. The van der Waals surface area contributed by atoms with Crippen LogP contribution in [-0.4, -0.2) is 32.0 Å².